The van der Waals surface area contributed by atoms with Gasteiger partial charge >= 0.3 is 0 Å². The molecule has 2 N–H and O–H groups in total. The third-order valence-corrected chi connectivity index (χ3v) is 5.27. The van der Waals surface area contributed by atoms with E-state index in [1.54, 1.807) is 0 Å². The maximum absolute atomic E-state index is 4.75. The van der Waals surface area contributed by atoms with E-state index in [1.807, 2.05) is 12.3 Å². The fraction of sp³-hybridized carbons (Fsp3) is 0.478. The van der Waals surface area contributed by atoms with E-state index < -0.39 is 0 Å². The smallest absolute Gasteiger partial charge is 0.191 e. The fourth-order valence-electron chi connectivity index (χ4n) is 3.66. The molecule has 158 valence electrons. The van der Waals surface area contributed by atoms with E-state index in [0.29, 0.717) is 12.6 Å². The van der Waals surface area contributed by atoms with Gasteiger partial charge in [-0.2, -0.15) is 0 Å². The monoisotopic (exact) mass is 507 g/mol. The number of aryl methyl sites for hydroxylation is 2. The lowest BCUT2D eigenvalue weighted by molar-refractivity contribution is 0.198. The normalized spacial score (nSPS) is 15.6. The van der Waals surface area contributed by atoms with Gasteiger partial charge in [0, 0.05) is 38.4 Å². The van der Waals surface area contributed by atoms with Gasteiger partial charge in [-0.15, -0.1) is 24.0 Å². The van der Waals surface area contributed by atoms with Crippen LogP contribution in [-0.2, 0) is 13.1 Å². The lowest BCUT2D eigenvalue weighted by atomic mass is 10.0. The summed E-state index contributed by atoms with van der Waals surface area (Å²) in [6, 6.07) is 13.4. The topological polar surface area (TPSA) is 52.6 Å². The maximum Gasteiger partial charge on any atom is 0.191 e. The van der Waals surface area contributed by atoms with Crippen LogP contribution in [0.4, 0.5) is 0 Å². The molecule has 2 heterocycles. The van der Waals surface area contributed by atoms with E-state index in [0.717, 1.165) is 50.7 Å². The highest BCUT2D eigenvalue weighted by Crippen LogP contribution is 2.15. The summed E-state index contributed by atoms with van der Waals surface area (Å²) in [5.41, 5.74) is 4.97. The lowest BCUT2D eigenvalue weighted by Crippen LogP contribution is -2.48. The van der Waals surface area contributed by atoms with Crippen molar-refractivity contribution >= 4 is 29.9 Å². The molecule has 0 radical (unpaired) electrons. The van der Waals surface area contributed by atoms with Crippen LogP contribution in [0.25, 0.3) is 0 Å². The maximum atomic E-state index is 4.75. The summed E-state index contributed by atoms with van der Waals surface area (Å²) in [4.78, 5) is 11.7. The Morgan fingerprint density at radius 1 is 1.17 bits per heavy atom. The second-order valence-corrected chi connectivity index (χ2v) is 7.65. The Morgan fingerprint density at radius 2 is 1.97 bits per heavy atom. The summed E-state index contributed by atoms with van der Waals surface area (Å²) < 4.78 is 0. The Balaban J connectivity index is 0.00000300. The molecule has 0 saturated carbocycles. The van der Waals surface area contributed by atoms with Gasteiger partial charge in [-0.3, -0.25) is 9.88 Å². The van der Waals surface area contributed by atoms with Crippen LogP contribution in [0.2, 0.25) is 0 Å². The van der Waals surface area contributed by atoms with E-state index in [4.69, 9.17) is 4.99 Å². The van der Waals surface area contributed by atoms with Crippen LogP contribution >= 0.6 is 24.0 Å². The van der Waals surface area contributed by atoms with Crippen LogP contribution in [0.1, 0.15) is 42.1 Å². The number of benzene rings is 1. The second kappa shape index (κ2) is 12.1. The van der Waals surface area contributed by atoms with Gasteiger partial charge in [-0.25, -0.2) is 4.99 Å². The predicted octanol–water partition coefficient (Wildman–Crippen LogP) is 4.04. The summed E-state index contributed by atoms with van der Waals surface area (Å²) in [7, 11) is 0. The van der Waals surface area contributed by atoms with E-state index in [1.165, 1.54) is 16.7 Å². The molecule has 1 fully saturated rings. The fourth-order valence-corrected chi connectivity index (χ4v) is 3.66. The number of likely N-dealkylation sites (tertiary alicyclic amines) is 1. The van der Waals surface area contributed by atoms with Crippen molar-refractivity contribution in [3.8, 4) is 0 Å². The molecule has 0 aliphatic carbocycles. The van der Waals surface area contributed by atoms with E-state index in [-0.39, 0.29) is 24.0 Å². The Bertz CT molecular complexity index is 784. The number of hydrogen-bond donors (Lipinski definition) is 2. The van der Waals surface area contributed by atoms with Gasteiger partial charge in [0.25, 0.3) is 0 Å². The molecular formula is C23H34IN5. The van der Waals surface area contributed by atoms with Crippen molar-refractivity contribution in [2.75, 3.05) is 19.6 Å². The molecule has 1 aliphatic rings. The summed E-state index contributed by atoms with van der Waals surface area (Å²) in [5.74, 6) is 0.893. The molecule has 1 aromatic carbocycles. The molecule has 2 aromatic rings. The number of aliphatic imine (C=N–C) groups is 1. The van der Waals surface area contributed by atoms with Gasteiger partial charge in [-0.05, 0) is 50.8 Å². The molecular weight excluding hydrogens is 473 g/mol. The standard InChI is InChI=1S/C23H33N5.HI/c1-4-24-23(26-16-22-19(3)8-6-12-25-22)27-21-10-13-28(14-11-21)17-20-9-5-7-18(2)15-20;/h5-9,12,15,21H,4,10-11,13-14,16-17H2,1-3H3,(H2,24,26,27);1H. The number of pyridine rings is 1. The lowest BCUT2D eigenvalue weighted by Gasteiger charge is -2.33. The number of hydrogen-bond acceptors (Lipinski definition) is 3. The van der Waals surface area contributed by atoms with Crippen LogP contribution in [0.3, 0.4) is 0 Å². The summed E-state index contributed by atoms with van der Waals surface area (Å²) in [6.07, 6.45) is 4.11. The minimum Gasteiger partial charge on any atom is -0.357 e. The second-order valence-electron chi connectivity index (χ2n) is 7.65. The third-order valence-electron chi connectivity index (χ3n) is 5.27. The molecule has 3 rings (SSSR count). The zero-order chi connectivity index (χ0) is 19.8. The SMILES string of the molecule is CCNC(=NCc1ncccc1C)NC1CCN(Cc2cccc(C)c2)CC1.I. The van der Waals surface area contributed by atoms with Crippen molar-refractivity contribution < 1.29 is 0 Å². The van der Waals surface area contributed by atoms with Gasteiger partial charge in [0.05, 0.1) is 12.2 Å². The molecule has 0 spiro atoms. The van der Waals surface area contributed by atoms with Gasteiger partial charge in [0.1, 0.15) is 0 Å². The average molecular weight is 507 g/mol. The van der Waals surface area contributed by atoms with Crippen molar-refractivity contribution in [1.82, 2.24) is 20.5 Å². The molecule has 5 nitrogen and oxygen atoms in total. The zero-order valence-electron chi connectivity index (χ0n) is 17.8. The number of piperidine rings is 1. The molecule has 0 atom stereocenters. The van der Waals surface area contributed by atoms with Crippen LogP contribution < -0.4 is 10.6 Å². The van der Waals surface area contributed by atoms with E-state index in [2.05, 4.69) is 71.6 Å². The molecule has 0 unspecified atom stereocenters. The van der Waals surface area contributed by atoms with Gasteiger partial charge in [0.15, 0.2) is 5.96 Å². The number of rotatable bonds is 6. The summed E-state index contributed by atoms with van der Waals surface area (Å²) in [6.45, 7) is 11.1. The first-order valence-corrected chi connectivity index (χ1v) is 10.4. The molecule has 1 aromatic heterocycles. The van der Waals surface area contributed by atoms with Gasteiger partial charge in [0.2, 0.25) is 0 Å². The molecule has 1 saturated heterocycles. The van der Waals surface area contributed by atoms with Crippen LogP contribution in [0, 0.1) is 13.8 Å². The van der Waals surface area contributed by atoms with Crippen LogP contribution in [0.5, 0.6) is 0 Å². The number of halogens is 1. The van der Waals surface area contributed by atoms with Gasteiger partial charge < -0.3 is 10.6 Å². The Labute approximate surface area is 192 Å². The summed E-state index contributed by atoms with van der Waals surface area (Å²) in [5, 5.41) is 7.00. The van der Waals surface area contributed by atoms with Crippen molar-refractivity contribution in [1.29, 1.82) is 0 Å². The number of guanidine groups is 1. The highest BCUT2D eigenvalue weighted by atomic mass is 127. The van der Waals surface area contributed by atoms with E-state index in [9.17, 15) is 0 Å². The highest BCUT2D eigenvalue weighted by molar-refractivity contribution is 14.0. The molecule has 1 aliphatic heterocycles. The minimum atomic E-state index is 0. The molecule has 6 heteroatoms. The quantitative estimate of drug-likeness (QED) is 0.352. The van der Waals surface area contributed by atoms with Gasteiger partial charge in [-0.1, -0.05) is 35.9 Å². The largest absolute Gasteiger partial charge is 0.357 e. The average Bonchev–Trinajstić information content (AvgIpc) is 2.69. The highest BCUT2D eigenvalue weighted by Gasteiger charge is 2.20. The van der Waals surface area contributed by atoms with Crippen molar-refractivity contribution in [2.24, 2.45) is 4.99 Å². The van der Waals surface area contributed by atoms with Crippen LogP contribution in [-0.4, -0.2) is 41.5 Å². The zero-order valence-corrected chi connectivity index (χ0v) is 20.1. The first kappa shape index (κ1) is 23.6. The molecule has 0 amide bonds. The molecule has 0 bridgehead atoms. The van der Waals surface area contributed by atoms with E-state index >= 15 is 0 Å². The number of nitrogens with one attached hydrogen (secondary N) is 2. The third kappa shape index (κ3) is 7.59. The predicted molar refractivity (Wildman–Crippen MR) is 132 cm³/mol. The number of aromatic nitrogens is 1. The first-order chi connectivity index (χ1) is 13.6. The summed E-state index contributed by atoms with van der Waals surface area (Å²) >= 11 is 0. The van der Waals surface area contributed by atoms with Crippen molar-refractivity contribution in [3.05, 3.63) is 65.0 Å². The Kier molecular flexibility index (Phi) is 9.87. The van der Waals surface area contributed by atoms with Crippen molar-refractivity contribution in [2.45, 2.75) is 52.7 Å². The van der Waals surface area contributed by atoms with Crippen molar-refractivity contribution in [3.63, 3.8) is 0 Å². The van der Waals surface area contributed by atoms with Crippen LogP contribution in [0.15, 0.2) is 47.6 Å². The molecule has 29 heavy (non-hydrogen) atoms. The Morgan fingerprint density at radius 3 is 2.66 bits per heavy atom. The Hall–Kier alpha value is -1.67. The first-order valence-electron chi connectivity index (χ1n) is 10.4. The number of nitrogens with zero attached hydrogens (tertiary/aromatic N) is 3. The minimum absolute atomic E-state index is 0.